The summed E-state index contributed by atoms with van der Waals surface area (Å²) in [7, 11) is 1.98. The van der Waals surface area contributed by atoms with Crippen LogP contribution < -0.4 is 5.32 Å². The van der Waals surface area contributed by atoms with Gasteiger partial charge in [-0.05, 0) is 38.2 Å². The van der Waals surface area contributed by atoms with Crippen LogP contribution in [0.3, 0.4) is 0 Å². The number of H-pyrrole nitrogens is 1. The van der Waals surface area contributed by atoms with Gasteiger partial charge < -0.3 is 14.8 Å². The van der Waals surface area contributed by atoms with E-state index in [1.807, 2.05) is 30.3 Å². The van der Waals surface area contributed by atoms with E-state index in [1.165, 1.54) is 0 Å². The highest BCUT2D eigenvalue weighted by Crippen LogP contribution is 2.25. The van der Waals surface area contributed by atoms with Crippen molar-refractivity contribution >= 4 is 41.7 Å². The first-order chi connectivity index (χ1) is 13.2. The summed E-state index contributed by atoms with van der Waals surface area (Å²) in [6.45, 7) is 5.33. The lowest BCUT2D eigenvalue weighted by atomic mass is 9.96. The van der Waals surface area contributed by atoms with E-state index < -0.39 is 0 Å². The van der Waals surface area contributed by atoms with E-state index in [2.05, 4.69) is 41.9 Å². The molecular formula is C17H30IN9S. The molecule has 1 aliphatic heterocycles. The van der Waals surface area contributed by atoms with Crippen LogP contribution in [-0.4, -0.2) is 72.4 Å². The zero-order valence-corrected chi connectivity index (χ0v) is 19.9. The molecular weight excluding hydrogens is 489 g/mol. The Morgan fingerprint density at radius 3 is 2.75 bits per heavy atom. The molecule has 2 aromatic heterocycles. The van der Waals surface area contributed by atoms with Crippen LogP contribution in [0.25, 0.3) is 0 Å². The fourth-order valence-electron chi connectivity index (χ4n) is 3.20. The minimum Gasteiger partial charge on any atom is -0.356 e. The molecule has 0 saturated carbocycles. The van der Waals surface area contributed by atoms with Gasteiger partial charge in [0.1, 0.15) is 24.5 Å². The average Bonchev–Trinajstić information content (AvgIpc) is 3.33. The Morgan fingerprint density at radius 1 is 1.36 bits per heavy atom. The summed E-state index contributed by atoms with van der Waals surface area (Å²) in [6.07, 6.45) is 6.94. The second-order valence-electron chi connectivity index (χ2n) is 6.77. The fourth-order valence-corrected chi connectivity index (χ4v) is 3.63. The Balaban J connectivity index is 0.00000280. The molecule has 0 bridgehead atoms. The monoisotopic (exact) mass is 519 g/mol. The van der Waals surface area contributed by atoms with Crippen molar-refractivity contribution in [3.8, 4) is 0 Å². The van der Waals surface area contributed by atoms with E-state index in [0.717, 1.165) is 68.1 Å². The quantitative estimate of drug-likeness (QED) is 0.250. The third-order valence-electron chi connectivity index (χ3n) is 4.98. The standard InChI is InChI=1S/C17H29N9S.HI/c1-13-22-23-15(25(13)2)11-19-17(18-7-4-10-27-3)26-8-5-14(6-9-26)16-20-12-21-24-16;/h12,14H,4-11H2,1-3H3,(H,18,19)(H,20,21,24);1H. The van der Waals surface area contributed by atoms with Crippen molar-refractivity contribution in [3.05, 3.63) is 23.8 Å². The number of likely N-dealkylation sites (tertiary alicyclic amines) is 1. The number of aromatic amines is 1. The summed E-state index contributed by atoms with van der Waals surface area (Å²) >= 11 is 1.87. The maximum atomic E-state index is 4.84. The van der Waals surface area contributed by atoms with Crippen LogP contribution in [0.1, 0.15) is 42.7 Å². The number of aromatic nitrogens is 6. The Bertz CT molecular complexity index is 723. The molecule has 1 saturated heterocycles. The number of hydrogen-bond acceptors (Lipinski definition) is 6. The molecule has 0 spiro atoms. The second-order valence-corrected chi connectivity index (χ2v) is 7.75. The van der Waals surface area contributed by atoms with Crippen LogP contribution in [0.4, 0.5) is 0 Å². The predicted molar refractivity (Wildman–Crippen MR) is 123 cm³/mol. The van der Waals surface area contributed by atoms with Crippen LogP contribution in [0.2, 0.25) is 0 Å². The van der Waals surface area contributed by atoms with Gasteiger partial charge in [-0.3, -0.25) is 5.10 Å². The molecule has 2 N–H and O–H groups in total. The second kappa shape index (κ2) is 11.6. The summed E-state index contributed by atoms with van der Waals surface area (Å²) in [5, 5.41) is 18.9. The van der Waals surface area contributed by atoms with E-state index in [4.69, 9.17) is 4.99 Å². The molecule has 0 atom stereocenters. The first-order valence-electron chi connectivity index (χ1n) is 9.41. The molecule has 0 aromatic carbocycles. The summed E-state index contributed by atoms with van der Waals surface area (Å²) in [5.41, 5.74) is 0. The maximum absolute atomic E-state index is 4.84. The first-order valence-corrected chi connectivity index (χ1v) is 10.8. The molecule has 0 aliphatic carbocycles. The molecule has 0 amide bonds. The minimum absolute atomic E-state index is 0. The van der Waals surface area contributed by atoms with E-state index >= 15 is 0 Å². The highest BCUT2D eigenvalue weighted by atomic mass is 127. The summed E-state index contributed by atoms with van der Waals surface area (Å²) < 4.78 is 1.99. The number of piperidine rings is 1. The van der Waals surface area contributed by atoms with E-state index in [9.17, 15) is 0 Å². The molecule has 1 fully saturated rings. The molecule has 1 aliphatic rings. The van der Waals surface area contributed by atoms with Crippen molar-refractivity contribution < 1.29 is 0 Å². The SMILES string of the molecule is CSCCCNC(=NCc1nnc(C)n1C)N1CCC(c2ncn[nH]2)CC1.I. The number of guanidine groups is 1. The van der Waals surface area contributed by atoms with Gasteiger partial charge in [0.25, 0.3) is 0 Å². The highest BCUT2D eigenvalue weighted by molar-refractivity contribution is 14.0. The summed E-state index contributed by atoms with van der Waals surface area (Å²) in [5.74, 6) is 5.34. The van der Waals surface area contributed by atoms with Gasteiger partial charge in [0.05, 0.1) is 0 Å². The van der Waals surface area contributed by atoms with Crippen molar-refractivity contribution in [1.29, 1.82) is 0 Å². The average molecular weight is 519 g/mol. The molecule has 3 rings (SSSR count). The molecule has 0 unspecified atom stereocenters. The van der Waals surface area contributed by atoms with Gasteiger partial charge in [-0.1, -0.05) is 0 Å². The number of halogens is 1. The number of rotatable bonds is 7. The third-order valence-corrected chi connectivity index (χ3v) is 5.67. The smallest absolute Gasteiger partial charge is 0.194 e. The number of nitrogens with zero attached hydrogens (tertiary/aromatic N) is 7. The molecule has 0 radical (unpaired) electrons. The van der Waals surface area contributed by atoms with Crippen LogP contribution in [0.15, 0.2) is 11.3 Å². The lowest BCUT2D eigenvalue weighted by molar-refractivity contribution is 0.298. The van der Waals surface area contributed by atoms with Gasteiger partial charge in [0, 0.05) is 32.6 Å². The topological polar surface area (TPSA) is 99.9 Å². The zero-order valence-electron chi connectivity index (χ0n) is 16.8. The van der Waals surface area contributed by atoms with E-state index in [-0.39, 0.29) is 24.0 Å². The van der Waals surface area contributed by atoms with Gasteiger partial charge >= 0.3 is 0 Å². The van der Waals surface area contributed by atoms with E-state index in [1.54, 1.807) is 6.33 Å². The van der Waals surface area contributed by atoms with Crippen LogP contribution >= 0.6 is 35.7 Å². The van der Waals surface area contributed by atoms with Gasteiger partial charge in [-0.2, -0.15) is 16.9 Å². The van der Waals surface area contributed by atoms with E-state index in [0.29, 0.717) is 12.5 Å². The number of nitrogens with one attached hydrogen (secondary N) is 2. The fraction of sp³-hybridized carbons (Fsp3) is 0.706. The molecule has 3 heterocycles. The van der Waals surface area contributed by atoms with Gasteiger partial charge in [0.2, 0.25) is 0 Å². The Hall–Kier alpha value is -1.37. The van der Waals surface area contributed by atoms with Crippen molar-refractivity contribution in [2.45, 2.75) is 38.6 Å². The van der Waals surface area contributed by atoms with Crippen molar-refractivity contribution in [2.24, 2.45) is 12.0 Å². The van der Waals surface area contributed by atoms with Gasteiger partial charge in [-0.25, -0.2) is 9.98 Å². The predicted octanol–water partition coefficient (Wildman–Crippen LogP) is 1.94. The zero-order chi connectivity index (χ0) is 19.1. The minimum atomic E-state index is 0. The normalized spacial score (nSPS) is 15.5. The Morgan fingerprint density at radius 2 is 2.14 bits per heavy atom. The summed E-state index contributed by atoms with van der Waals surface area (Å²) in [4.78, 5) is 11.5. The lowest BCUT2D eigenvalue weighted by Crippen LogP contribution is -2.45. The molecule has 11 heteroatoms. The van der Waals surface area contributed by atoms with Crippen molar-refractivity contribution in [1.82, 2.24) is 40.2 Å². The largest absolute Gasteiger partial charge is 0.356 e. The maximum Gasteiger partial charge on any atom is 0.194 e. The lowest BCUT2D eigenvalue weighted by Gasteiger charge is -2.33. The number of hydrogen-bond donors (Lipinski definition) is 2. The molecule has 2 aromatic rings. The Labute approximate surface area is 187 Å². The van der Waals surface area contributed by atoms with Crippen LogP contribution in [0.5, 0.6) is 0 Å². The third kappa shape index (κ3) is 6.06. The van der Waals surface area contributed by atoms with Crippen LogP contribution in [0, 0.1) is 6.92 Å². The number of aliphatic imine (C=N–C) groups is 1. The van der Waals surface area contributed by atoms with Crippen LogP contribution in [-0.2, 0) is 13.6 Å². The van der Waals surface area contributed by atoms with Crippen molar-refractivity contribution in [2.75, 3.05) is 31.6 Å². The van der Waals surface area contributed by atoms with Crippen molar-refractivity contribution in [3.63, 3.8) is 0 Å². The molecule has 9 nitrogen and oxygen atoms in total. The Kier molecular flexibility index (Phi) is 9.48. The number of thioether (sulfide) groups is 1. The number of aryl methyl sites for hydroxylation is 1. The summed E-state index contributed by atoms with van der Waals surface area (Å²) in [6, 6.07) is 0. The highest BCUT2D eigenvalue weighted by Gasteiger charge is 2.24. The van der Waals surface area contributed by atoms with Gasteiger partial charge in [-0.15, -0.1) is 34.2 Å². The molecule has 28 heavy (non-hydrogen) atoms. The molecule has 156 valence electrons. The first kappa shape index (κ1) is 22.9. The van der Waals surface area contributed by atoms with Gasteiger partial charge in [0.15, 0.2) is 11.8 Å².